The number of thiol groups is 1. The SMILES string of the molecule is C=C(/C=C\C(=C/C)c1c2ccccc2c(-c2ccc(-c3ccccc3)cc2)c2ccccc12)c1ccccc1S. The summed E-state index contributed by atoms with van der Waals surface area (Å²) in [5.41, 5.74) is 9.31. The van der Waals surface area contributed by atoms with E-state index in [0.717, 1.165) is 21.6 Å². The predicted octanol–water partition coefficient (Wildman–Crippen LogP) is 11.3. The minimum absolute atomic E-state index is 0.928. The van der Waals surface area contributed by atoms with Gasteiger partial charge in [0.05, 0.1) is 0 Å². The lowest BCUT2D eigenvalue weighted by Gasteiger charge is -2.18. The van der Waals surface area contributed by atoms with Gasteiger partial charge in [0.2, 0.25) is 0 Å². The van der Waals surface area contributed by atoms with E-state index in [4.69, 9.17) is 0 Å². The van der Waals surface area contributed by atoms with Gasteiger partial charge in [0.15, 0.2) is 0 Å². The molecule has 0 bridgehead atoms. The molecule has 0 amide bonds. The van der Waals surface area contributed by atoms with Crippen LogP contribution in [0.1, 0.15) is 18.1 Å². The highest BCUT2D eigenvalue weighted by molar-refractivity contribution is 7.80. The van der Waals surface area contributed by atoms with Crippen molar-refractivity contribution in [3.8, 4) is 22.3 Å². The summed E-state index contributed by atoms with van der Waals surface area (Å²) in [5, 5.41) is 4.97. The van der Waals surface area contributed by atoms with Gasteiger partial charge < -0.3 is 0 Å². The van der Waals surface area contributed by atoms with Gasteiger partial charge in [-0.15, -0.1) is 12.6 Å². The van der Waals surface area contributed by atoms with Crippen LogP contribution in [0.15, 0.2) is 157 Å². The van der Waals surface area contributed by atoms with Gasteiger partial charge in [0.1, 0.15) is 0 Å². The average molecular weight is 531 g/mol. The van der Waals surface area contributed by atoms with Gasteiger partial charge in [-0.25, -0.2) is 0 Å². The van der Waals surface area contributed by atoms with Gasteiger partial charge in [-0.3, -0.25) is 0 Å². The second-order valence-electron chi connectivity index (χ2n) is 9.90. The van der Waals surface area contributed by atoms with Crippen molar-refractivity contribution in [2.45, 2.75) is 11.8 Å². The van der Waals surface area contributed by atoms with Crippen molar-refractivity contribution in [1.82, 2.24) is 0 Å². The van der Waals surface area contributed by atoms with Crippen LogP contribution in [0, 0.1) is 0 Å². The Labute approximate surface area is 242 Å². The topological polar surface area (TPSA) is 0 Å². The van der Waals surface area contributed by atoms with Gasteiger partial charge in [-0.2, -0.15) is 0 Å². The summed E-state index contributed by atoms with van der Waals surface area (Å²) in [5.74, 6) is 0. The number of hydrogen-bond acceptors (Lipinski definition) is 1. The Bertz CT molecular complexity index is 1850. The van der Waals surface area contributed by atoms with Crippen molar-refractivity contribution in [1.29, 1.82) is 0 Å². The molecule has 0 aliphatic heterocycles. The summed E-state index contributed by atoms with van der Waals surface area (Å²) in [6.45, 7) is 6.44. The quantitative estimate of drug-likeness (QED) is 0.124. The lowest BCUT2D eigenvalue weighted by Crippen LogP contribution is -1.93. The molecular weight excluding hydrogens is 500 g/mol. The Morgan fingerprint density at radius 2 is 1.05 bits per heavy atom. The zero-order valence-electron chi connectivity index (χ0n) is 22.5. The van der Waals surface area contributed by atoms with Gasteiger partial charge in [-0.05, 0) is 79.1 Å². The fraction of sp³-hybridized carbons (Fsp3) is 0.0256. The minimum atomic E-state index is 0.928. The van der Waals surface area contributed by atoms with E-state index in [2.05, 4.69) is 154 Å². The van der Waals surface area contributed by atoms with Crippen molar-refractivity contribution < 1.29 is 0 Å². The third-order valence-electron chi connectivity index (χ3n) is 7.53. The Balaban J connectivity index is 1.51. The Kier molecular flexibility index (Phi) is 7.23. The molecule has 0 saturated carbocycles. The molecule has 40 heavy (non-hydrogen) atoms. The molecule has 0 aliphatic rings. The van der Waals surface area contributed by atoms with Crippen LogP contribution in [-0.4, -0.2) is 0 Å². The van der Waals surface area contributed by atoms with E-state index in [1.165, 1.54) is 49.4 Å². The van der Waals surface area contributed by atoms with Crippen LogP contribution in [0.4, 0.5) is 0 Å². The highest BCUT2D eigenvalue weighted by atomic mass is 32.1. The normalized spacial score (nSPS) is 11.9. The fourth-order valence-corrected chi connectivity index (χ4v) is 5.86. The Hall–Kier alpha value is -4.59. The first-order valence-electron chi connectivity index (χ1n) is 13.6. The van der Waals surface area contributed by atoms with E-state index in [9.17, 15) is 0 Å². The molecule has 6 aromatic carbocycles. The van der Waals surface area contributed by atoms with Crippen LogP contribution in [0.5, 0.6) is 0 Å². The summed E-state index contributed by atoms with van der Waals surface area (Å²) in [6, 6.07) is 45.1. The number of fused-ring (bicyclic) bond motifs is 2. The number of hydrogen-bond donors (Lipinski definition) is 1. The molecule has 0 saturated heterocycles. The second-order valence-corrected chi connectivity index (χ2v) is 10.4. The maximum atomic E-state index is 4.63. The van der Waals surface area contributed by atoms with Crippen molar-refractivity contribution in [2.24, 2.45) is 0 Å². The molecular formula is C39H30S. The highest BCUT2D eigenvalue weighted by Gasteiger charge is 2.16. The maximum absolute atomic E-state index is 4.63. The molecule has 0 nitrogen and oxygen atoms in total. The van der Waals surface area contributed by atoms with E-state index in [-0.39, 0.29) is 0 Å². The summed E-state index contributed by atoms with van der Waals surface area (Å²) in [4.78, 5) is 0.928. The Morgan fingerprint density at radius 3 is 1.65 bits per heavy atom. The first-order chi connectivity index (χ1) is 19.7. The van der Waals surface area contributed by atoms with Gasteiger partial charge in [-0.1, -0.05) is 146 Å². The molecule has 0 atom stereocenters. The molecule has 0 N–H and O–H groups in total. The monoisotopic (exact) mass is 530 g/mol. The lowest BCUT2D eigenvalue weighted by molar-refractivity contribution is 1.42. The van der Waals surface area contributed by atoms with Gasteiger partial charge in [0, 0.05) is 4.90 Å². The maximum Gasteiger partial charge on any atom is 0.0118 e. The van der Waals surface area contributed by atoms with Crippen LogP contribution in [0.2, 0.25) is 0 Å². The molecule has 0 spiro atoms. The molecule has 1 heteroatoms. The van der Waals surface area contributed by atoms with Crippen LogP contribution >= 0.6 is 12.6 Å². The van der Waals surface area contributed by atoms with E-state index in [1.54, 1.807) is 0 Å². The van der Waals surface area contributed by atoms with E-state index in [0.29, 0.717) is 0 Å². The zero-order chi connectivity index (χ0) is 27.5. The predicted molar refractivity (Wildman–Crippen MR) is 178 cm³/mol. The first kappa shape index (κ1) is 25.7. The number of allylic oxidation sites excluding steroid dienone is 5. The molecule has 6 rings (SSSR count). The standard InChI is InChI=1S/C39H30S/c1-3-28(22-21-27(2)32-15-11-12-20-37(32)40)38-33-16-7-9-18-35(33)39(36-19-10-8-17-34(36)38)31-25-23-30(24-26-31)29-13-5-4-6-14-29/h3-26,40H,2H2,1H3/b22-21-,28-3+. The van der Waals surface area contributed by atoms with Crippen LogP contribution in [0.25, 0.3) is 54.9 Å². The summed E-state index contributed by atoms with van der Waals surface area (Å²) >= 11 is 4.63. The third kappa shape index (κ3) is 4.81. The average Bonchev–Trinajstić information content (AvgIpc) is 3.01. The molecule has 0 radical (unpaired) electrons. The zero-order valence-corrected chi connectivity index (χ0v) is 23.4. The molecule has 0 aliphatic carbocycles. The molecule has 6 aromatic rings. The minimum Gasteiger partial charge on any atom is -0.143 e. The highest BCUT2D eigenvalue weighted by Crippen LogP contribution is 2.42. The summed E-state index contributed by atoms with van der Waals surface area (Å²) in [7, 11) is 0. The smallest absolute Gasteiger partial charge is 0.0118 e. The van der Waals surface area contributed by atoms with E-state index >= 15 is 0 Å². The van der Waals surface area contributed by atoms with Gasteiger partial charge in [0.25, 0.3) is 0 Å². The van der Waals surface area contributed by atoms with Crippen molar-refractivity contribution in [3.63, 3.8) is 0 Å². The van der Waals surface area contributed by atoms with Crippen LogP contribution in [0.3, 0.4) is 0 Å². The molecule has 0 unspecified atom stereocenters. The van der Waals surface area contributed by atoms with Crippen molar-refractivity contribution in [3.05, 3.63) is 163 Å². The van der Waals surface area contributed by atoms with Gasteiger partial charge >= 0.3 is 0 Å². The lowest BCUT2D eigenvalue weighted by atomic mass is 9.85. The first-order valence-corrected chi connectivity index (χ1v) is 14.0. The number of benzene rings is 6. The molecule has 0 fully saturated rings. The molecule has 0 aromatic heterocycles. The van der Waals surface area contributed by atoms with E-state index in [1.807, 2.05) is 18.2 Å². The molecule has 0 heterocycles. The largest absolute Gasteiger partial charge is 0.143 e. The second kappa shape index (κ2) is 11.3. The van der Waals surface area contributed by atoms with Crippen LogP contribution in [-0.2, 0) is 0 Å². The van der Waals surface area contributed by atoms with Crippen molar-refractivity contribution in [2.75, 3.05) is 0 Å². The Morgan fingerprint density at radius 1 is 0.550 bits per heavy atom. The van der Waals surface area contributed by atoms with Crippen molar-refractivity contribution >= 4 is 45.3 Å². The van der Waals surface area contributed by atoms with E-state index < -0.39 is 0 Å². The number of rotatable bonds is 6. The third-order valence-corrected chi connectivity index (χ3v) is 7.92. The summed E-state index contributed by atoms with van der Waals surface area (Å²) < 4.78 is 0. The summed E-state index contributed by atoms with van der Waals surface area (Å²) in [6.07, 6.45) is 6.48. The molecule has 192 valence electrons. The van der Waals surface area contributed by atoms with Crippen LogP contribution < -0.4 is 0 Å². The fourth-order valence-electron chi connectivity index (χ4n) is 5.56.